The number of anilines is 1. The Bertz CT molecular complexity index is 1270. The quantitative estimate of drug-likeness (QED) is 0.454. The number of rotatable bonds is 6. The minimum Gasteiger partial charge on any atom is -0.406 e. The summed E-state index contributed by atoms with van der Waals surface area (Å²) in [5, 5.41) is 9.53. The third-order valence-electron chi connectivity index (χ3n) is 4.42. The number of hydrogen-bond acceptors (Lipinski definition) is 6. The van der Waals surface area contributed by atoms with Crippen molar-refractivity contribution < 1.29 is 22.7 Å². The summed E-state index contributed by atoms with van der Waals surface area (Å²) >= 11 is 0. The van der Waals surface area contributed by atoms with E-state index in [0.29, 0.717) is 41.3 Å². The van der Waals surface area contributed by atoms with Crippen molar-refractivity contribution in [2.45, 2.75) is 19.8 Å². The highest BCUT2D eigenvalue weighted by Gasteiger charge is 2.30. The molecule has 4 aromatic rings. The second-order valence-corrected chi connectivity index (χ2v) is 6.90. The number of alkyl halides is 3. The predicted octanol–water partition coefficient (Wildman–Crippen LogP) is 3.98. The summed E-state index contributed by atoms with van der Waals surface area (Å²) in [7, 11) is 0. The Morgan fingerprint density at radius 1 is 1.09 bits per heavy atom. The van der Waals surface area contributed by atoms with Crippen molar-refractivity contribution in [2.24, 2.45) is 0 Å². The zero-order valence-corrected chi connectivity index (χ0v) is 17.3. The summed E-state index contributed by atoms with van der Waals surface area (Å²) in [6, 6.07) is 8.54. The van der Waals surface area contributed by atoms with Gasteiger partial charge in [-0.25, -0.2) is 14.8 Å². The molecule has 12 heteroatoms. The normalized spacial score (nSPS) is 11.4. The predicted molar refractivity (Wildman–Crippen MR) is 113 cm³/mol. The Hall–Kier alpha value is -4.22. The zero-order chi connectivity index (χ0) is 23.4. The molecule has 3 heterocycles. The number of fused-ring (bicyclic) bond motifs is 1. The lowest BCUT2D eigenvalue weighted by molar-refractivity contribution is -0.274. The molecule has 4 rings (SSSR count). The van der Waals surface area contributed by atoms with Crippen molar-refractivity contribution in [1.82, 2.24) is 30.0 Å². The molecule has 0 atom stereocenters. The summed E-state index contributed by atoms with van der Waals surface area (Å²) in [6.45, 7) is 2.63. The van der Waals surface area contributed by atoms with E-state index in [1.54, 1.807) is 35.4 Å². The van der Waals surface area contributed by atoms with Crippen molar-refractivity contribution in [1.29, 1.82) is 0 Å². The number of nitrogens with one attached hydrogen (secondary N) is 2. The SMILES string of the molecule is CCNC(=O)Nc1ccc2ncc(-c3cnn(Cc4ccc(OC(F)(F)F)cc4)c3)nc2n1. The van der Waals surface area contributed by atoms with Gasteiger partial charge in [0.05, 0.1) is 24.6 Å². The van der Waals surface area contributed by atoms with Crippen LogP contribution >= 0.6 is 0 Å². The molecule has 0 bridgehead atoms. The topological polar surface area (TPSA) is 107 Å². The summed E-state index contributed by atoms with van der Waals surface area (Å²) in [6.07, 6.45) is 0.207. The van der Waals surface area contributed by atoms with E-state index in [4.69, 9.17) is 0 Å². The van der Waals surface area contributed by atoms with Crippen LogP contribution in [0.2, 0.25) is 0 Å². The van der Waals surface area contributed by atoms with Crippen LogP contribution in [0.1, 0.15) is 12.5 Å². The lowest BCUT2D eigenvalue weighted by atomic mass is 10.2. The molecule has 0 aliphatic carbocycles. The molecule has 0 unspecified atom stereocenters. The van der Waals surface area contributed by atoms with E-state index in [1.165, 1.54) is 24.3 Å². The number of ether oxygens (including phenoxy) is 1. The first-order chi connectivity index (χ1) is 15.8. The van der Waals surface area contributed by atoms with Crippen molar-refractivity contribution in [2.75, 3.05) is 11.9 Å². The number of halogens is 3. The summed E-state index contributed by atoms with van der Waals surface area (Å²) in [5.41, 5.74) is 2.88. The molecule has 0 radical (unpaired) electrons. The van der Waals surface area contributed by atoms with E-state index in [9.17, 15) is 18.0 Å². The van der Waals surface area contributed by atoms with Gasteiger partial charge in [0.1, 0.15) is 17.1 Å². The maximum absolute atomic E-state index is 12.3. The van der Waals surface area contributed by atoms with Crippen molar-refractivity contribution in [3.8, 4) is 17.0 Å². The highest BCUT2D eigenvalue weighted by molar-refractivity contribution is 5.89. The second-order valence-electron chi connectivity index (χ2n) is 6.90. The van der Waals surface area contributed by atoms with Gasteiger partial charge < -0.3 is 10.1 Å². The summed E-state index contributed by atoms with van der Waals surface area (Å²) in [4.78, 5) is 24.9. The van der Waals surface area contributed by atoms with Gasteiger partial charge in [-0.05, 0) is 36.8 Å². The maximum atomic E-state index is 12.3. The molecule has 3 aromatic heterocycles. The Kier molecular flexibility index (Phi) is 6.07. The fourth-order valence-electron chi connectivity index (χ4n) is 2.99. The smallest absolute Gasteiger partial charge is 0.406 e. The molecule has 33 heavy (non-hydrogen) atoms. The molecule has 170 valence electrons. The number of hydrogen-bond donors (Lipinski definition) is 2. The third-order valence-corrected chi connectivity index (χ3v) is 4.42. The first-order valence-corrected chi connectivity index (χ1v) is 9.85. The Balaban J connectivity index is 1.49. The largest absolute Gasteiger partial charge is 0.573 e. The highest BCUT2D eigenvalue weighted by Crippen LogP contribution is 2.23. The van der Waals surface area contributed by atoms with Gasteiger partial charge in [0, 0.05) is 18.3 Å². The number of carbonyl (C=O) groups excluding carboxylic acids is 1. The second kappa shape index (κ2) is 9.10. The number of benzene rings is 1. The molecule has 1 aromatic carbocycles. The Morgan fingerprint density at radius 3 is 2.61 bits per heavy atom. The van der Waals surface area contributed by atoms with Gasteiger partial charge in [-0.15, -0.1) is 13.2 Å². The van der Waals surface area contributed by atoms with Gasteiger partial charge in [0.25, 0.3) is 0 Å². The van der Waals surface area contributed by atoms with Gasteiger partial charge in [0.2, 0.25) is 0 Å². The minimum absolute atomic E-state index is 0.285. The van der Waals surface area contributed by atoms with Crippen LogP contribution in [-0.4, -0.2) is 43.7 Å². The van der Waals surface area contributed by atoms with E-state index < -0.39 is 6.36 Å². The van der Waals surface area contributed by atoms with Crippen molar-refractivity contribution in [3.63, 3.8) is 0 Å². The van der Waals surface area contributed by atoms with E-state index >= 15 is 0 Å². The number of amides is 2. The van der Waals surface area contributed by atoms with Crippen LogP contribution in [0, 0.1) is 0 Å². The monoisotopic (exact) mass is 457 g/mol. The molecule has 0 aliphatic rings. The van der Waals surface area contributed by atoms with Crippen molar-refractivity contribution >= 4 is 23.0 Å². The van der Waals surface area contributed by atoms with Crippen LogP contribution in [0.5, 0.6) is 5.75 Å². The Morgan fingerprint density at radius 2 is 1.88 bits per heavy atom. The summed E-state index contributed by atoms with van der Waals surface area (Å²) in [5.74, 6) is 0.0564. The molecular formula is C21H18F3N7O2. The summed E-state index contributed by atoms with van der Waals surface area (Å²) < 4.78 is 42.4. The maximum Gasteiger partial charge on any atom is 0.573 e. The van der Waals surface area contributed by atoms with E-state index in [-0.39, 0.29) is 11.8 Å². The van der Waals surface area contributed by atoms with Gasteiger partial charge in [-0.3, -0.25) is 15.0 Å². The fourth-order valence-corrected chi connectivity index (χ4v) is 2.99. The van der Waals surface area contributed by atoms with Crippen LogP contribution in [0.25, 0.3) is 22.4 Å². The molecule has 9 nitrogen and oxygen atoms in total. The number of urea groups is 1. The molecular weight excluding hydrogens is 439 g/mol. The first kappa shape index (κ1) is 22.0. The number of pyridine rings is 1. The van der Waals surface area contributed by atoms with Crippen molar-refractivity contribution in [3.05, 3.63) is 60.6 Å². The molecule has 0 fully saturated rings. The van der Waals surface area contributed by atoms with Crippen LogP contribution in [0.3, 0.4) is 0 Å². The number of aromatic nitrogens is 5. The standard InChI is InChI=1S/C21H18F3N7O2/c1-2-25-20(32)30-18-8-7-16-19(29-18)28-17(10-26-16)14-9-27-31(12-14)11-13-3-5-15(6-4-13)33-21(22,23)24/h3-10,12H,2,11H2,1H3,(H2,25,28,29,30,32). The van der Waals surface area contributed by atoms with Gasteiger partial charge in [-0.1, -0.05) is 12.1 Å². The average Bonchev–Trinajstić information content (AvgIpc) is 3.22. The van der Waals surface area contributed by atoms with E-state index in [2.05, 4.69) is 35.4 Å². The minimum atomic E-state index is -4.73. The van der Waals surface area contributed by atoms with Crippen LogP contribution in [-0.2, 0) is 6.54 Å². The van der Waals surface area contributed by atoms with Gasteiger partial charge >= 0.3 is 12.4 Å². The van der Waals surface area contributed by atoms with Crippen LogP contribution < -0.4 is 15.4 Å². The number of nitrogens with zero attached hydrogens (tertiary/aromatic N) is 5. The van der Waals surface area contributed by atoms with Gasteiger partial charge in [0.15, 0.2) is 5.65 Å². The fraction of sp³-hybridized carbons (Fsp3) is 0.190. The lowest BCUT2D eigenvalue weighted by Crippen LogP contribution is -2.28. The molecule has 2 amide bonds. The van der Waals surface area contributed by atoms with E-state index in [0.717, 1.165) is 5.56 Å². The first-order valence-electron chi connectivity index (χ1n) is 9.85. The number of carbonyl (C=O) groups is 1. The average molecular weight is 457 g/mol. The highest BCUT2D eigenvalue weighted by atomic mass is 19.4. The zero-order valence-electron chi connectivity index (χ0n) is 17.3. The third kappa shape index (κ3) is 5.73. The van der Waals surface area contributed by atoms with Crippen LogP contribution in [0.4, 0.5) is 23.8 Å². The van der Waals surface area contributed by atoms with E-state index in [1.807, 2.05) is 6.92 Å². The Labute approximate surface area is 185 Å². The van der Waals surface area contributed by atoms with Gasteiger partial charge in [-0.2, -0.15) is 5.10 Å². The molecule has 2 N–H and O–H groups in total. The lowest BCUT2D eigenvalue weighted by Gasteiger charge is -2.09. The molecule has 0 aliphatic heterocycles. The van der Waals surface area contributed by atoms with Crippen LogP contribution in [0.15, 0.2) is 55.0 Å². The molecule has 0 saturated heterocycles. The molecule has 0 spiro atoms. The molecule has 0 saturated carbocycles.